The lowest BCUT2D eigenvalue weighted by Gasteiger charge is -2.51. The largest absolute Gasteiger partial charge is 0.467 e. The van der Waals surface area contributed by atoms with Gasteiger partial charge in [-0.05, 0) is 63.8 Å². The fourth-order valence-electron chi connectivity index (χ4n) is 8.77. The molecule has 8 heteroatoms. The van der Waals surface area contributed by atoms with Crippen LogP contribution in [0.25, 0.3) is 22.3 Å². The van der Waals surface area contributed by atoms with Crippen LogP contribution < -0.4 is 5.32 Å². The lowest BCUT2D eigenvalue weighted by atomic mass is 9.73. The van der Waals surface area contributed by atoms with Gasteiger partial charge in [0.05, 0.1) is 7.11 Å². The molecule has 2 fully saturated rings. The first-order valence-corrected chi connectivity index (χ1v) is 16.8. The lowest BCUT2D eigenvalue weighted by Crippen LogP contribution is -2.68. The van der Waals surface area contributed by atoms with Gasteiger partial charge in [-0.3, -0.25) is 0 Å². The van der Waals surface area contributed by atoms with Crippen molar-refractivity contribution < 1.29 is 28.6 Å². The van der Waals surface area contributed by atoms with Gasteiger partial charge < -0.3 is 24.4 Å². The number of amides is 2. The van der Waals surface area contributed by atoms with Crippen LogP contribution >= 0.6 is 0 Å². The van der Waals surface area contributed by atoms with Crippen molar-refractivity contribution in [3.05, 3.63) is 119 Å². The van der Waals surface area contributed by atoms with Crippen LogP contribution in [-0.4, -0.2) is 61.0 Å². The number of carbonyl (C=O) groups excluding carboxylic acids is 3. The second kappa shape index (κ2) is 12.2. The summed E-state index contributed by atoms with van der Waals surface area (Å²) in [4.78, 5) is 42.5. The molecule has 1 N–H and O–H groups in total. The maximum atomic E-state index is 13.8. The van der Waals surface area contributed by atoms with E-state index in [1.54, 1.807) is 4.90 Å². The average molecular weight is 643 g/mol. The van der Waals surface area contributed by atoms with Crippen molar-refractivity contribution in [2.24, 2.45) is 0 Å². The Hall–Kier alpha value is -5.11. The molecular formula is C40H38N2O6. The second-order valence-corrected chi connectivity index (χ2v) is 13.4. The molecule has 4 aromatic rings. The number of nitrogens with zero attached hydrogens (tertiary/aromatic N) is 1. The van der Waals surface area contributed by atoms with Gasteiger partial charge in [0.2, 0.25) is 0 Å². The van der Waals surface area contributed by atoms with Crippen LogP contribution in [0.15, 0.2) is 97.1 Å². The smallest absolute Gasteiger partial charge is 0.410 e. The molecule has 0 spiro atoms. The topological polar surface area (TPSA) is 94.2 Å². The van der Waals surface area contributed by atoms with Crippen LogP contribution in [0.1, 0.15) is 66.2 Å². The summed E-state index contributed by atoms with van der Waals surface area (Å²) in [6, 6.07) is 32.3. The van der Waals surface area contributed by atoms with Gasteiger partial charge in [-0.15, -0.1) is 0 Å². The standard InChI is InChI=1S/C40H38N2O6/c1-46-37(43)40(41-38(44)47-23-35-31-17-6-2-13-27(31)28-14-3-7-18-32(28)35)21-25-11-10-12-26(22-40)42(25)39(45)48-24-36-33-19-8-4-15-29(33)30-16-5-9-20-34(30)36/h2-9,13-20,25-26,35-36H,10-12,21-24H2,1H3,(H,41,44). The quantitative estimate of drug-likeness (QED) is 0.174. The number of benzene rings is 4. The van der Waals surface area contributed by atoms with Crippen molar-refractivity contribution in [2.45, 2.75) is 61.6 Å². The molecule has 2 aliphatic carbocycles. The van der Waals surface area contributed by atoms with Gasteiger partial charge in [0.25, 0.3) is 0 Å². The number of rotatable bonds is 6. The van der Waals surface area contributed by atoms with Crippen LogP contribution in [0.4, 0.5) is 9.59 Å². The number of piperidine rings is 2. The molecule has 2 heterocycles. The Morgan fingerprint density at radius 2 is 1.08 bits per heavy atom. The van der Waals surface area contributed by atoms with Gasteiger partial charge in [0.15, 0.2) is 0 Å². The van der Waals surface area contributed by atoms with Gasteiger partial charge in [0.1, 0.15) is 18.8 Å². The van der Waals surface area contributed by atoms with Crippen molar-refractivity contribution >= 4 is 18.2 Å². The Morgan fingerprint density at radius 1 is 0.667 bits per heavy atom. The maximum absolute atomic E-state index is 13.8. The van der Waals surface area contributed by atoms with Crippen LogP contribution in [0.3, 0.4) is 0 Å². The molecule has 2 amide bonds. The Labute approximate surface area is 280 Å². The first-order chi connectivity index (χ1) is 23.5. The summed E-state index contributed by atoms with van der Waals surface area (Å²) in [5.41, 5.74) is 7.85. The lowest BCUT2D eigenvalue weighted by molar-refractivity contribution is -0.153. The summed E-state index contributed by atoms with van der Waals surface area (Å²) >= 11 is 0. The van der Waals surface area contributed by atoms with Crippen LogP contribution in [-0.2, 0) is 19.0 Å². The molecular weight excluding hydrogens is 604 g/mol. The number of methoxy groups -OCH3 is 1. The predicted molar refractivity (Wildman–Crippen MR) is 181 cm³/mol. The minimum absolute atomic E-state index is 0.0459. The fourth-order valence-corrected chi connectivity index (χ4v) is 8.77. The molecule has 0 saturated carbocycles. The van der Waals surface area contributed by atoms with Crippen molar-refractivity contribution in [1.29, 1.82) is 0 Å². The number of carbonyl (C=O) groups is 3. The third-order valence-corrected chi connectivity index (χ3v) is 10.8. The highest BCUT2D eigenvalue weighted by Gasteiger charge is 2.54. The first-order valence-electron chi connectivity index (χ1n) is 16.8. The molecule has 48 heavy (non-hydrogen) atoms. The Balaban J connectivity index is 0.964. The average Bonchev–Trinajstić information content (AvgIpc) is 3.61. The molecule has 2 bridgehead atoms. The van der Waals surface area contributed by atoms with E-state index >= 15 is 0 Å². The molecule has 8 rings (SSSR count). The van der Waals surface area contributed by atoms with E-state index in [9.17, 15) is 14.4 Å². The normalized spacial score (nSPS) is 22.1. The molecule has 0 aromatic heterocycles. The van der Waals surface area contributed by atoms with E-state index in [0.717, 1.165) is 39.8 Å². The molecule has 2 aliphatic heterocycles. The highest BCUT2D eigenvalue weighted by molar-refractivity contribution is 5.87. The second-order valence-electron chi connectivity index (χ2n) is 13.4. The van der Waals surface area contributed by atoms with E-state index in [2.05, 4.69) is 53.8 Å². The summed E-state index contributed by atoms with van der Waals surface area (Å²) in [5.74, 6) is -0.678. The van der Waals surface area contributed by atoms with E-state index in [4.69, 9.17) is 14.2 Å². The minimum Gasteiger partial charge on any atom is -0.467 e. The van der Waals surface area contributed by atoms with Crippen molar-refractivity contribution in [1.82, 2.24) is 10.2 Å². The highest BCUT2D eigenvalue weighted by atomic mass is 16.6. The van der Waals surface area contributed by atoms with E-state index in [1.165, 1.54) is 18.2 Å². The zero-order valence-electron chi connectivity index (χ0n) is 26.9. The number of hydrogen-bond acceptors (Lipinski definition) is 6. The molecule has 8 nitrogen and oxygen atoms in total. The van der Waals surface area contributed by atoms with Gasteiger partial charge >= 0.3 is 18.2 Å². The minimum atomic E-state index is -1.31. The number of nitrogens with one attached hydrogen (secondary N) is 1. The highest BCUT2D eigenvalue weighted by Crippen LogP contribution is 2.46. The van der Waals surface area contributed by atoms with Crippen LogP contribution in [0.2, 0.25) is 0 Å². The van der Waals surface area contributed by atoms with E-state index in [-0.39, 0.29) is 56.1 Å². The molecule has 2 unspecified atom stereocenters. The zero-order valence-corrected chi connectivity index (χ0v) is 26.9. The van der Waals surface area contributed by atoms with Gasteiger partial charge in [-0.25, -0.2) is 14.4 Å². The van der Waals surface area contributed by atoms with Crippen molar-refractivity contribution in [2.75, 3.05) is 20.3 Å². The molecule has 4 aliphatic rings. The molecule has 0 radical (unpaired) electrons. The SMILES string of the molecule is COC(=O)C1(NC(=O)OCC2c3ccccc3-c3ccccc32)CC2CCCC(C1)N2C(=O)OCC1c2ccccc2-c2ccccc21. The summed E-state index contributed by atoms with van der Waals surface area (Å²) in [7, 11) is 1.33. The summed E-state index contributed by atoms with van der Waals surface area (Å²) < 4.78 is 17.2. The van der Waals surface area contributed by atoms with Crippen molar-refractivity contribution in [3.8, 4) is 22.3 Å². The summed E-state index contributed by atoms with van der Waals surface area (Å²) in [6.45, 7) is 0.360. The van der Waals surface area contributed by atoms with Gasteiger partial charge in [-0.2, -0.15) is 0 Å². The van der Waals surface area contributed by atoms with Crippen molar-refractivity contribution in [3.63, 3.8) is 0 Å². The van der Waals surface area contributed by atoms with Crippen LogP contribution in [0, 0.1) is 0 Å². The Kier molecular flexibility index (Phi) is 7.66. The Morgan fingerprint density at radius 3 is 1.52 bits per heavy atom. The Bertz CT molecular complexity index is 1800. The van der Waals surface area contributed by atoms with Gasteiger partial charge in [0, 0.05) is 36.8 Å². The zero-order chi connectivity index (χ0) is 32.8. The number of ether oxygens (including phenoxy) is 3. The number of hydrogen-bond donors (Lipinski definition) is 1. The van der Waals surface area contributed by atoms with E-state index < -0.39 is 17.6 Å². The third kappa shape index (κ3) is 5.02. The van der Waals surface area contributed by atoms with Gasteiger partial charge in [-0.1, -0.05) is 97.1 Å². The fraction of sp³-hybridized carbons (Fsp3) is 0.325. The number of alkyl carbamates (subject to hydrolysis) is 1. The summed E-state index contributed by atoms with van der Waals surface area (Å²) in [6.07, 6.45) is 1.72. The van der Waals surface area contributed by atoms with E-state index in [1.807, 2.05) is 48.5 Å². The van der Waals surface area contributed by atoms with Crippen LogP contribution in [0.5, 0.6) is 0 Å². The molecule has 4 aromatic carbocycles. The molecule has 244 valence electrons. The molecule has 2 saturated heterocycles. The summed E-state index contributed by atoms with van der Waals surface area (Å²) in [5, 5.41) is 2.93. The maximum Gasteiger partial charge on any atom is 0.410 e. The monoisotopic (exact) mass is 642 g/mol. The third-order valence-electron chi connectivity index (χ3n) is 10.8. The first kappa shape index (κ1) is 30.2. The predicted octanol–water partition coefficient (Wildman–Crippen LogP) is 7.40. The number of fused-ring (bicyclic) bond motifs is 8. The number of esters is 1. The molecule has 2 atom stereocenters. The van der Waals surface area contributed by atoms with E-state index in [0.29, 0.717) is 12.8 Å².